The number of nitrogens with zero attached hydrogens (tertiary/aromatic N) is 1. The van der Waals surface area contributed by atoms with Crippen LogP contribution >= 0.6 is 0 Å². The summed E-state index contributed by atoms with van der Waals surface area (Å²) in [5, 5.41) is 2.75. The number of likely N-dealkylation sites (N-methyl/N-ethyl adjacent to an activating group) is 1. The fraction of sp³-hybridized carbons (Fsp3) is 0.455. The average molecular weight is 223 g/mol. The first-order valence-electron chi connectivity index (χ1n) is 5.13. The van der Waals surface area contributed by atoms with Gasteiger partial charge in [0.05, 0.1) is 0 Å². The van der Waals surface area contributed by atoms with Crippen LogP contribution in [0.15, 0.2) is 16.9 Å². The van der Waals surface area contributed by atoms with Crippen LogP contribution in [-0.2, 0) is 0 Å². The highest BCUT2D eigenvalue weighted by Crippen LogP contribution is 1.96. The third kappa shape index (κ3) is 3.86. The Bertz CT molecular complexity index is 423. The first-order valence-corrected chi connectivity index (χ1v) is 5.13. The number of aromatic amines is 1. The van der Waals surface area contributed by atoms with E-state index in [1.54, 1.807) is 13.0 Å². The van der Waals surface area contributed by atoms with E-state index in [9.17, 15) is 9.59 Å². The van der Waals surface area contributed by atoms with E-state index in [0.717, 1.165) is 6.54 Å². The van der Waals surface area contributed by atoms with Crippen molar-refractivity contribution >= 4 is 5.91 Å². The number of aromatic nitrogens is 1. The molecule has 5 nitrogen and oxygen atoms in total. The molecule has 0 spiro atoms. The molecule has 0 radical (unpaired) electrons. The van der Waals surface area contributed by atoms with Gasteiger partial charge in [0, 0.05) is 30.4 Å². The van der Waals surface area contributed by atoms with Crippen molar-refractivity contribution < 1.29 is 4.79 Å². The Hall–Kier alpha value is -1.62. The molecule has 1 aromatic rings. The van der Waals surface area contributed by atoms with E-state index >= 15 is 0 Å². The van der Waals surface area contributed by atoms with E-state index in [4.69, 9.17) is 0 Å². The summed E-state index contributed by atoms with van der Waals surface area (Å²) in [6.07, 6.45) is 0. The van der Waals surface area contributed by atoms with E-state index < -0.39 is 0 Å². The number of carbonyl (C=O) groups excluding carboxylic acids is 1. The van der Waals surface area contributed by atoms with Gasteiger partial charge >= 0.3 is 0 Å². The Kier molecular flexibility index (Phi) is 4.25. The van der Waals surface area contributed by atoms with Crippen molar-refractivity contribution in [3.63, 3.8) is 0 Å². The lowest BCUT2D eigenvalue weighted by Gasteiger charge is -2.10. The average Bonchev–Trinajstić information content (AvgIpc) is 2.15. The summed E-state index contributed by atoms with van der Waals surface area (Å²) in [5.74, 6) is -0.212. The highest BCUT2D eigenvalue weighted by atomic mass is 16.2. The van der Waals surface area contributed by atoms with E-state index in [1.807, 2.05) is 19.0 Å². The lowest BCUT2D eigenvalue weighted by atomic mass is 10.2. The molecule has 0 saturated heterocycles. The molecule has 0 aliphatic carbocycles. The van der Waals surface area contributed by atoms with Crippen molar-refractivity contribution in [3.8, 4) is 0 Å². The SMILES string of the molecule is Cc1cc(C(=O)NCCN(C)C)cc(=O)[nH]1. The zero-order valence-electron chi connectivity index (χ0n) is 9.83. The molecular formula is C11H17N3O2. The molecule has 0 aliphatic heterocycles. The lowest BCUT2D eigenvalue weighted by Crippen LogP contribution is -2.32. The van der Waals surface area contributed by atoms with E-state index in [-0.39, 0.29) is 11.5 Å². The van der Waals surface area contributed by atoms with Crippen molar-refractivity contribution in [3.05, 3.63) is 33.7 Å². The summed E-state index contributed by atoms with van der Waals surface area (Å²) >= 11 is 0. The van der Waals surface area contributed by atoms with Gasteiger partial charge < -0.3 is 15.2 Å². The van der Waals surface area contributed by atoms with Crippen molar-refractivity contribution in [1.82, 2.24) is 15.2 Å². The first-order chi connectivity index (χ1) is 7.49. The molecule has 1 heterocycles. The molecule has 0 aromatic carbocycles. The summed E-state index contributed by atoms with van der Waals surface area (Å²) in [6.45, 7) is 3.09. The number of H-pyrrole nitrogens is 1. The molecular weight excluding hydrogens is 206 g/mol. The largest absolute Gasteiger partial charge is 0.351 e. The van der Waals surface area contributed by atoms with Crippen LogP contribution in [0.1, 0.15) is 16.1 Å². The molecule has 0 aliphatic rings. The van der Waals surface area contributed by atoms with Crippen LogP contribution in [-0.4, -0.2) is 43.0 Å². The van der Waals surface area contributed by atoms with Crippen molar-refractivity contribution in [2.75, 3.05) is 27.2 Å². The second kappa shape index (κ2) is 5.46. The van der Waals surface area contributed by atoms with Crippen molar-refractivity contribution in [2.45, 2.75) is 6.92 Å². The van der Waals surface area contributed by atoms with Crippen molar-refractivity contribution in [2.24, 2.45) is 0 Å². The lowest BCUT2D eigenvalue weighted by molar-refractivity contribution is 0.0950. The zero-order chi connectivity index (χ0) is 12.1. The Balaban J connectivity index is 2.63. The van der Waals surface area contributed by atoms with E-state index in [2.05, 4.69) is 10.3 Å². The van der Waals surface area contributed by atoms with Crippen molar-refractivity contribution in [1.29, 1.82) is 0 Å². The summed E-state index contributed by atoms with van der Waals surface area (Å²) in [4.78, 5) is 27.4. The van der Waals surface area contributed by atoms with E-state index in [0.29, 0.717) is 17.8 Å². The fourth-order valence-electron chi connectivity index (χ4n) is 1.31. The predicted molar refractivity (Wildman–Crippen MR) is 62.7 cm³/mol. The van der Waals surface area contributed by atoms with Crippen LogP contribution in [0.4, 0.5) is 0 Å². The summed E-state index contributed by atoms with van der Waals surface area (Å²) in [7, 11) is 3.87. The monoisotopic (exact) mass is 223 g/mol. The molecule has 88 valence electrons. The van der Waals surface area contributed by atoms with Gasteiger partial charge in [-0.2, -0.15) is 0 Å². The maximum absolute atomic E-state index is 11.6. The third-order valence-electron chi connectivity index (χ3n) is 2.09. The number of nitrogens with one attached hydrogen (secondary N) is 2. The topological polar surface area (TPSA) is 65.2 Å². The van der Waals surface area contributed by atoms with Gasteiger partial charge in [0.25, 0.3) is 5.91 Å². The molecule has 1 rings (SSSR count). The van der Waals surface area contributed by atoms with Crippen LogP contribution in [0.25, 0.3) is 0 Å². The molecule has 0 unspecified atom stereocenters. The Morgan fingerprint density at radius 3 is 2.69 bits per heavy atom. The minimum Gasteiger partial charge on any atom is -0.351 e. The van der Waals surface area contributed by atoms with E-state index in [1.165, 1.54) is 6.07 Å². The smallest absolute Gasteiger partial charge is 0.251 e. The predicted octanol–water partition coefficient (Wildman–Crippen LogP) is -0.0253. The zero-order valence-corrected chi connectivity index (χ0v) is 9.83. The molecule has 2 N–H and O–H groups in total. The molecule has 5 heteroatoms. The number of rotatable bonds is 4. The number of hydrogen-bond donors (Lipinski definition) is 2. The highest BCUT2D eigenvalue weighted by molar-refractivity contribution is 5.94. The summed E-state index contributed by atoms with van der Waals surface area (Å²) in [6, 6.07) is 2.96. The molecule has 1 aromatic heterocycles. The van der Waals surface area contributed by atoms with Gasteiger partial charge in [-0.15, -0.1) is 0 Å². The molecule has 0 saturated carbocycles. The summed E-state index contributed by atoms with van der Waals surface area (Å²) in [5.41, 5.74) is 0.836. The van der Waals surface area contributed by atoms with Gasteiger partial charge in [-0.1, -0.05) is 0 Å². The van der Waals surface area contributed by atoms with Gasteiger partial charge in [-0.05, 0) is 27.1 Å². The van der Waals surface area contributed by atoms with Crippen LogP contribution in [0.3, 0.4) is 0 Å². The Morgan fingerprint density at radius 2 is 2.12 bits per heavy atom. The van der Waals surface area contributed by atoms with Crippen LogP contribution in [0, 0.1) is 6.92 Å². The first kappa shape index (κ1) is 12.4. The minimum absolute atomic E-state index is 0.212. The number of aryl methyl sites for hydroxylation is 1. The molecule has 1 amide bonds. The number of hydrogen-bond acceptors (Lipinski definition) is 3. The molecule has 0 bridgehead atoms. The molecule has 16 heavy (non-hydrogen) atoms. The maximum atomic E-state index is 11.6. The highest BCUT2D eigenvalue weighted by Gasteiger charge is 2.06. The second-order valence-corrected chi connectivity index (χ2v) is 3.98. The van der Waals surface area contributed by atoms with Gasteiger partial charge in [0.1, 0.15) is 0 Å². The standard InChI is InChI=1S/C11H17N3O2/c1-8-6-9(7-10(15)13-8)11(16)12-4-5-14(2)3/h6-7H,4-5H2,1-3H3,(H,12,16)(H,13,15). The second-order valence-electron chi connectivity index (χ2n) is 3.98. The van der Waals surface area contributed by atoms with Gasteiger partial charge in [-0.3, -0.25) is 9.59 Å². The Labute approximate surface area is 94.5 Å². The van der Waals surface area contributed by atoms with Gasteiger partial charge in [0.15, 0.2) is 0 Å². The number of pyridine rings is 1. The molecule has 0 atom stereocenters. The van der Waals surface area contributed by atoms with Gasteiger partial charge in [-0.25, -0.2) is 0 Å². The number of amides is 1. The third-order valence-corrected chi connectivity index (χ3v) is 2.09. The normalized spacial score (nSPS) is 10.5. The van der Waals surface area contributed by atoms with Crippen LogP contribution < -0.4 is 10.9 Å². The quantitative estimate of drug-likeness (QED) is 0.753. The minimum atomic E-state index is -0.252. The number of carbonyl (C=O) groups is 1. The van der Waals surface area contributed by atoms with Crippen LogP contribution in [0.2, 0.25) is 0 Å². The molecule has 0 fully saturated rings. The summed E-state index contributed by atoms with van der Waals surface area (Å²) < 4.78 is 0. The Morgan fingerprint density at radius 1 is 1.44 bits per heavy atom. The fourth-order valence-corrected chi connectivity index (χ4v) is 1.31. The maximum Gasteiger partial charge on any atom is 0.251 e. The van der Waals surface area contributed by atoms with Crippen LogP contribution in [0.5, 0.6) is 0 Å². The van der Waals surface area contributed by atoms with Gasteiger partial charge in [0.2, 0.25) is 5.56 Å².